The molecule has 0 aliphatic carbocycles. The third-order valence-electron chi connectivity index (χ3n) is 2.56. The predicted octanol–water partition coefficient (Wildman–Crippen LogP) is 4.86. The van der Waals surface area contributed by atoms with Crippen LogP contribution in [-0.4, -0.2) is 7.05 Å². The van der Waals surface area contributed by atoms with E-state index >= 15 is 0 Å². The van der Waals surface area contributed by atoms with Gasteiger partial charge in [0.25, 0.3) is 0 Å². The van der Waals surface area contributed by atoms with Gasteiger partial charge in [-0.05, 0) is 68.1 Å². The Morgan fingerprint density at radius 2 is 1.89 bits per heavy atom. The van der Waals surface area contributed by atoms with Crippen LogP contribution in [-0.2, 0) is 0 Å². The Hall–Kier alpha value is -0.300. The van der Waals surface area contributed by atoms with Crippen molar-refractivity contribution in [2.75, 3.05) is 7.05 Å². The second-order valence-electron chi connectivity index (χ2n) is 3.69. The third kappa shape index (κ3) is 2.82. The molecule has 0 saturated carbocycles. The van der Waals surface area contributed by atoms with Crippen LogP contribution < -0.4 is 5.32 Å². The molecule has 0 aliphatic heterocycles. The van der Waals surface area contributed by atoms with Crippen LogP contribution in [0.4, 0.5) is 8.78 Å². The maximum atomic E-state index is 13.9. The van der Waals surface area contributed by atoms with Crippen molar-refractivity contribution < 1.29 is 8.78 Å². The lowest BCUT2D eigenvalue weighted by Crippen LogP contribution is -2.18. The molecule has 1 aromatic heterocycles. The molecule has 0 saturated heterocycles. The van der Waals surface area contributed by atoms with Gasteiger partial charge in [0.1, 0.15) is 11.6 Å². The molecule has 0 amide bonds. The van der Waals surface area contributed by atoms with Crippen molar-refractivity contribution in [2.24, 2.45) is 0 Å². The summed E-state index contributed by atoms with van der Waals surface area (Å²) in [7, 11) is 1.72. The normalized spacial score (nSPS) is 12.7. The smallest absolute Gasteiger partial charge is 0.137 e. The number of halogens is 4. The van der Waals surface area contributed by atoms with Gasteiger partial charge in [-0.15, -0.1) is 11.3 Å². The second-order valence-corrected chi connectivity index (χ2v) is 6.84. The quantitative estimate of drug-likeness (QED) is 0.730. The summed E-state index contributed by atoms with van der Waals surface area (Å²) in [6.45, 7) is 0. The molecule has 1 aromatic carbocycles. The zero-order valence-corrected chi connectivity index (χ0v) is 13.3. The second kappa shape index (κ2) is 5.77. The maximum Gasteiger partial charge on any atom is 0.137 e. The minimum atomic E-state index is -0.471. The summed E-state index contributed by atoms with van der Waals surface area (Å²) in [5, 5.41) is 4.91. The first-order valence-corrected chi connectivity index (χ1v) is 7.55. The van der Waals surface area contributed by atoms with E-state index < -0.39 is 11.6 Å². The van der Waals surface area contributed by atoms with Gasteiger partial charge < -0.3 is 5.32 Å². The Bertz CT molecular complexity index is 571. The van der Waals surface area contributed by atoms with Gasteiger partial charge in [-0.2, -0.15) is 0 Å². The van der Waals surface area contributed by atoms with Gasteiger partial charge in [-0.25, -0.2) is 8.78 Å². The first-order valence-electron chi connectivity index (χ1n) is 5.08. The van der Waals surface area contributed by atoms with Crippen LogP contribution in [0.2, 0.25) is 0 Å². The molecule has 0 aliphatic rings. The molecule has 1 nitrogen and oxygen atoms in total. The van der Waals surface area contributed by atoms with E-state index in [-0.39, 0.29) is 10.5 Å². The SMILES string of the molecule is CNC(c1csc(Br)c1)c1cc(F)c(Br)cc1F. The van der Waals surface area contributed by atoms with Crippen LogP contribution in [0.15, 0.2) is 31.8 Å². The number of benzene rings is 1. The molecule has 1 heterocycles. The summed E-state index contributed by atoms with van der Waals surface area (Å²) in [5.41, 5.74) is 1.19. The fourth-order valence-electron chi connectivity index (χ4n) is 1.74. The van der Waals surface area contributed by atoms with Crippen LogP contribution in [0.5, 0.6) is 0 Å². The van der Waals surface area contributed by atoms with Crippen molar-refractivity contribution in [1.29, 1.82) is 0 Å². The molecule has 0 bridgehead atoms. The highest BCUT2D eigenvalue weighted by atomic mass is 79.9. The van der Waals surface area contributed by atoms with Crippen LogP contribution in [0.25, 0.3) is 0 Å². The summed E-state index contributed by atoms with van der Waals surface area (Å²) >= 11 is 7.84. The highest BCUT2D eigenvalue weighted by Crippen LogP contribution is 2.32. The molecule has 0 radical (unpaired) electrons. The maximum absolute atomic E-state index is 13.9. The van der Waals surface area contributed by atoms with Gasteiger partial charge in [0.2, 0.25) is 0 Å². The van der Waals surface area contributed by atoms with Crippen LogP contribution in [0.1, 0.15) is 17.2 Å². The van der Waals surface area contributed by atoms with E-state index in [4.69, 9.17) is 0 Å². The largest absolute Gasteiger partial charge is 0.309 e. The average molecular weight is 397 g/mol. The fourth-order valence-corrected chi connectivity index (χ4v) is 3.25. The van der Waals surface area contributed by atoms with E-state index in [0.717, 1.165) is 15.4 Å². The summed E-state index contributed by atoms with van der Waals surface area (Å²) < 4.78 is 28.5. The van der Waals surface area contributed by atoms with E-state index in [1.54, 1.807) is 7.05 Å². The van der Waals surface area contributed by atoms with Crippen molar-refractivity contribution >= 4 is 43.2 Å². The first kappa shape index (κ1) is 14.1. The Morgan fingerprint density at radius 3 is 2.44 bits per heavy atom. The van der Waals surface area contributed by atoms with Gasteiger partial charge in [0, 0.05) is 5.56 Å². The summed E-state index contributed by atoms with van der Waals surface area (Å²) in [6, 6.07) is 3.89. The zero-order valence-electron chi connectivity index (χ0n) is 9.31. The number of hydrogen-bond donors (Lipinski definition) is 1. The van der Waals surface area contributed by atoms with E-state index in [2.05, 4.69) is 37.2 Å². The van der Waals surface area contributed by atoms with Gasteiger partial charge in [-0.3, -0.25) is 0 Å². The number of nitrogens with one attached hydrogen (secondary N) is 1. The minimum absolute atomic E-state index is 0.130. The topological polar surface area (TPSA) is 12.0 Å². The van der Waals surface area contributed by atoms with Crippen molar-refractivity contribution in [3.8, 4) is 0 Å². The molecule has 0 spiro atoms. The van der Waals surface area contributed by atoms with Crippen molar-refractivity contribution in [1.82, 2.24) is 5.32 Å². The zero-order chi connectivity index (χ0) is 13.3. The molecule has 1 unspecified atom stereocenters. The molecular formula is C12H9Br2F2NS. The van der Waals surface area contributed by atoms with Crippen LogP contribution >= 0.6 is 43.2 Å². The standard InChI is InChI=1S/C12H9Br2F2NS/c1-17-12(6-2-11(14)18-5-6)7-3-10(16)8(13)4-9(7)15/h2-5,12,17H,1H3. The molecule has 6 heteroatoms. The Labute approximate surface area is 124 Å². The van der Waals surface area contributed by atoms with E-state index in [1.807, 2.05) is 11.4 Å². The van der Waals surface area contributed by atoms with Gasteiger partial charge in [0.15, 0.2) is 0 Å². The minimum Gasteiger partial charge on any atom is -0.309 e. The van der Waals surface area contributed by atoms with Crippen LogP contribution in [0.3, 0.4) is 0 Å². The Kier molecular flexibility index (Phi) is 4.53. The van der Waals surface area contributed by atoms with Crippen molar-refractivity contribution in [3.05, 3.63) is 54.6 Å². The monoisotopic (exact) mass is 395 g/mol. The number of thiophene rings is 1. The highest BCUT2D eigenvalue weighted by molar-refractivity contribution is 9.11. The summed E-state index contributed by atoms with van der Waals surface area (Å²) in [5.74, 6) is -0.911. The predicted molar refractivity (Wildman–Crippen MR) is 77.0 cm³/mol. The number of hydrogen-bond acceptors (Lipinski definition) is 2. The van der Waals surface area contributed by atoms with Gasteiger partial charge in [-0.1, -0.05) is 0 Å². The van der Waals surface area contributed by atoms with Gasteiger partial charge >= 0.3 is 0 Å². The lowest BCUT2D eigenvalue weighted by molar-refractivity contribution is 0.555. The van der Waals surface area contributed by atoms with E-state index in [0.29, 0.717) is 5.56 Å². The lowest BCUT2D eigenvalue weighted by atomic mass is 10.0. The van der Waals surface area contributed by atoms with Crippen LogP contribution in [0, 0.1) is 11.6 Å². The number of rotatable bonds is 3. The lowest BCUT2D eigenvalue weighted by Gasteiger charge is -2.16. The molecule has 2 rings (SSSR count). The molecule has 18 heavy (non-hydrogen) atoms. The molecule has 0 fully saturated rings. The Morgan fingerprint density at radius 1 is 1.17 bits per heavy atom. The molecule has 1 atom stereocenters. The van der Waals surface area contributed by atoms with Crippen molar-refractivity contribution in [3.63, 3.8) is 0 Å². The summed E-state index contributed by atoms with van der Waals surface area (Å²) in [6.07, 6.45) is 0. The average Bonchev–Trinajstić information content (AvgIpc) is 2.73. The molecule has 1 N–H and O–H groups in total. The molecule has 2 aromatic rings. The van der Waals surface area contributed by atoms with Crippen molar-refractivity contribution in [2.45, 2.75) is 6.04 Å². The third-order valence-corrected chi connectivity index (χ3v) is 4.69. The highest BCUT2D eigenvalue weighted by Gasteiger charge is 2.19. The van der Waals surface area contributed by atoms with E-state index in [1.165, 1.54) is 17.4 Å². The summed E-state index contributed by atoms with van der Waals surface area (Å²) in [4.78, 5) is 0. The molecular weight excluding hydrogens is 388 g/mol. The molecule has 96 valence electrons. The first-order chi connectivity index (χ1) is 8.52. The Balaban J connectivity index is 2.48. The fraction of sp³-hybridized carbons (Fsp3) is 0.167. The van der Waals surface area contributed by atoms with Gasteiger partial charge in [0.05, 0.1) is 14.3 Å². The van der Waals surface area contributed by atoms with E-state index in [9.17, 15) is 8.78 Å².